The van der Waals surface area contributed by atoms with Crippen molar-refractivity contribution in [2.75, 3.05) is 13.1 Å². The molecule has 1 amide bonds. The topological polar surface area (TPSA) is 62.5 Å². The van der Waals surface area contributed by atoms with Crippen LogP contribution < -0.4 is 0 Å². The number of nitrogens with zero attached hydrogens (tertiary/aromatic N) is 2. The standard InChI is InChI=1S/C17H18N2O3/c1-18-14(12-5-3-2-4-6-12)7-8-15(18)16(20)19-10-9-13(11-19)17(21)22/h2-8,13H,9-11H2,1H3,(H,21,22). The number of benzene rings is 1. The van der Waals surface area contributed by atoms with E-state index < -0.39 is 11.9 Å². The van der Waals surface area contributed by atoms with Crippen LogP contribution in [0.25, 0.3) is 11.3 Å². The van der Waals surface area contributed by atoms with Crippen molar-refractivity contribution in [1.82, 2.24) is 9.47 Å². The average molecular weight is 298 g/mol. The fourth-order valence-corrected chi connectivity index (χ4v) is 2.93. The maximum atomic E-state index is 12.6. The summed E-state index contributed by atoms with van der Waals surface area (Å²) < 4.78 is 1.87. The summed E-state index contributed by atoms with van der Waals surface area (Å²) in [5.74, 6) is -1.38. The Morgan fingerprint density at radius 3 is 2.50 bits per heavy atom. The molecule has 3 rings (SSSR count). The van der Waals surface area contributed by atoms with Gasteiger partial charge in [-0.3, -0.25) is 9.59 Å². The van der Waals surface area contributed by atoms with Crippen molar-refractivity contribution in [3.63, 3.8) is 0 Å². The van der Waals surface area contributed by atoms with E-state index in [9.17, 15) is 9.59 Å². The normalized spacial score (nSPS) is 17.7. The number of carboxylic acids is 1. The molecule has 1 atom stereocenters. The smallest absolute Gasteiger partial charge is 0.308 e. The Morgan fingerprint density at radius 1 is 1.14 bits per heavy atom. The third-order valence-electron chi connectivity index (χ3n) is 4.24. The maximum Gasteiger partial charge on any atom is 0.308 e. The van der Waals surface area contributed by atoms with Crippen molar-refractivity contribution in [3.05, 3.63) is 48.2 Å². The number of hydrogen-bond acceptors (Lipinski definition) is 2. The van der Waals surface area contributed by atoms with Gasteiger partial charge in [0.25, 0.3) is 5.91 Å². The molecule has 22 heavy (non-hydrogen) atoms. The van der Waals surface area contributed by atoms with Crippen molar-refractivity contribution in [3.8, 4) is 11.3 Å². The number of hydrogen-bond donors (Lipinski definition) is 1. The summed E-state index contributed by atoms with van der Waals surface area (Å²) in [6.07, 6.45) is 0.525. The predicted octanol–water partition coefficient (Wildman–Crippen LogP) is 2.24. The largest absolute Gasteiger partial charge is 0.481 e. The van der Waals surface area contributed by atoms with E-state index in [2.05, 4.69) is 0 Å². The van der Waals surface area contributed by atoms with Gasteiger partial charge in [0.05, 0.1) is 5.92 Å². The summed E-state index contributed by atoms with van der Waals surface area (Å²) >= 11 is 0. The number of aliphatic carboxylic acids is 1. The number of carbonyl (C=O) groups is 2. The van der Waals surface area contributed by atoms with Gasteiger partial charge in [-0.2, -0.15) is 0 Å². The van der Waals surface area contributed by atoms with Gasteiger partial charge in [-0.25, -0.2) is 0 Å². The first kappa shape index (κ1) is 14.4. The second-order valence-corrected chi connectivity index (χ2v) is 5.60. The van der Waals surface area contributed by atoms with Crippen molar-refractivity contribution in [2.45, 2.75) is 6.42 Å². The van der Waals surface area contributed by atoms with Crippen LogP contribution in [0.1, 0.15) is 16.9 Å². The molecule has 2 heterocycles. The summed E-state index contributed by atoms with van der Waals surface area (Å²) in [5.41, 5.74) is 2.61. The van der Waals surface area contributed by atoms with E-state index in [0.29, 0.717) is 25.2 Å². The molecule has 1 N–H and O–H groups in total. The number of carboxylic acid groups (broad SMARTS) is 1. The molecule has 1 aromatic carbocycles. The lowest BCUT2D eigenvalue weighted by Crippen LogP contribution is -2.31. The summed E-state index contributed by atoms with van der Waals surface area (Å²) in [5, 5.41) is 9.05. The summed E-state index contributed by atoms with van der Waals surface area (Å²) in [7, 11) is 1.86. The highest BCUT2D eigenvalue weighted by atomic mass is 16.4. The molecule has 5 nitrogen and oxygen atoms in total. The highest BCUT2D eigenvalue weighted by molar-refractivity contribution is 5.94. The number of likely N-dealkylation sites (tertiary alicyclic amines) is 1. The van der Waals surface area contributed by atoms with Crippen molar-refractivity contribution < 1.29 is 14.7 Å². The SMILES string of the molecule is Cn1c(C(=O)N2CCC(C(=O)O)C2)ccc1-c1ccccc1. The minimum Gasteiger partial charge on any atom is -0.481 e. The Hall–Kier alpha value is -2.56. The molecule has 0 bridgehead atoms. The van der Waals surface area contributed by atoms with E-state index in [4.69, 9.17) is 5.11 Å². The van der Waals surface area contributed by atoms with Gasteiger partial charge in [0.1, 0.15) is 5.69 Å². The van der Waals surface area contributed by atoms with Crippen LogP contribution >= 0.6 is 0 Å². The second-order valence-electron chi connectivity index (χ2n) is 5.60. The Balaban J connectivity index is 1.83. The number of amides is 1. The summed E-state index contributed by atoms with van der Waals surface area (Å²) in [6, 6.07) is 13.6. The molecule has 5 heteroatoms. The molecule has 0 spiro atoms. The van der Waals surface area contributed by atoms with Crippen LogP contribution in [0, 0.1) is 5.92 Å². The number of rotatable bonds is 3. The zero-order chi connectivity index (χ0) is 15.7. The van der Waals surface area contributed by atoms with E-state index in [1.54, 1.807) is 11.0 Å². The van der Waals surface area contributed by atoms with Crippen LogP contribution in [0.4, 0.5) is 0 Å². The van der Waals surface area contributed by atoms with Crippen molar-refractivity contribution in [2.24, 2.45) is 13.0 Å². The van der Waals surface area contributed by atoms with Crippen LogP contribution in [-0.2, 0) is 11.8 Å². The Morgan fingerprint density at radius 2 is 1.86 bits per heavy atom. The quantitative estimate of drug-likeness (QED) is 0.945. The second kappa shape index (κ2) is 5.67. The molecule has 1 aliphatic rings. The van der Waals surface area contributed by atoms with E-state index >= 15 is 0 Å². The lowest BCUT2D eigenvalue weighted by atomic mass is 10.1. The predicted molar refractivity (Wildman–Crippen MR) is 82.5 cm³/mol. The van der Waals surface area contributed by atoms with E-state index in [1.807, 2.05) is 48.0 Å². The van der Waals surface area contributed by atoms with Crippen molar-refractivity contribution >= 4 is 11.9 Å². The monoisotopic (exact) mass is 298 g/mol. The van der Waals surface area contributed by atoms with E-state index in [1.165, 1.54) is 0 Å². The molecule has 0 aliphatic carbocycles. The minimum absolute atomic E-state index is 0.103. The first-order valence-electron chi connectivity index (χ1n) is 7.31. The van der Waals surface area contributed by atoms with Crippen LogP contribution in [0.2, 0.25) is 0 Å². The molecule has 1 fully saturated rings. The molecular formula is C17H18N2O3. The van der Waals surface area contributed by atoms with Crippen LogP contribution in [0.5, 0.6) is 0 Å². The van der Waals surface area contributed by atoms with Gasteiger partial charge in [-0.1, -0.05) is 30.3 Å². The number of carbonyl (C=O) groups excluding carboxylic acids is 1. The van der Waals surface area contributed by atoms with Gasteiger partial charge in [0.15, 0.2) is 0 Å². The molecule has 1 unspecified atom stereocenters. The first-order valence-corrected chi connectivity index (χ1v) is 7.31. The van der Waals surface area contributed by atoms with Gasteiger partial charge in [0.2, 0.25) is 0 Å². The summed E-state index contributed by atoms with van der Waals surface area (Å²) in [4.78, 5) is 25.2. The minimum atomic E-state index is -0.827. The average Bonchev–Trinajstić information content (AvgIpc) is 3.14. The molecule has 0 saturated carbocycles. The third-order valence-corrected chi connectivity index (χ3v) is 4.24. The first-order chi connectivity index (χ1) is 10.6. The lowest BCUT2D eigenvalue weighted by Gasteiger charge is -2.17. The Bertz CT molecular complexity index is 706. The van der Waals surface area contributed by atoms with Gasteiger partial charge < -0.3 is 14.6 Å². The molecular weight excluding hydrogens is 280 g/mol. The highest BCUT2D eigenvalue weighted by Crippen LogP contribution is 2.24. The van der Waals surface area contributed by atoms with Crippen LogP contribution in [0.3, 0.4) is 0 Å². The molecule has 0 radical (unpaired) electrons. The van der Waals surface area contributed by atoms with Gasteiger partial charge >= 0.3 is 5.97 Å². The van der Waals surface area contributed by atoms with Crippen LogP contribution in [-0.4, -0.2) is 39.5 Å². The van der Waals surface area contributed by atoms with Crippen molar-refractivity contribution in [1.29, 1.82) is 0 Å². The van der Waals surface area contributed by atoms with Gasteiger partial charge in [-0.05, 0) is 24.1 Å². The van der Waals surface area contributed by atoms with Crippen LogP contribution in [0.15, 0.2) is 42.5 Å². The molecule has 114 valence electrons. The Kier molecular flexibility index (Phi) is 3.71. The molecule has 1 aromatic heterocycles. The molecule has 2 aromatic rings. The molecule has 1 saturated heterocycles. The highest BCUT2D eigenvalue weighted by Gasteiger charge is 2.32. The fraction of sp³-hybridized carbons (Fsp3) is 0.294. The fourth-order valence-electron chi connectivity index (χ4n) is 2.93. The van der Waals surface area contributed by atoms with E-state index in [0.717, 1.165) is 11.3 Å². The zero-order valence-electron chi connectivity index (χ0n) is 12.4. The maximum absolute atomic E-state index is 12.6. The summed E-state index contributed by atoms with van der Waals surface area (Å²) in [6.45, 7) is 0.793. The van der Waals surface area contributed by atoms with Gasteiger partial charge in [0, 0.05) is 25.8 Å². The molecule has 1 aliphatic heterocycles. The van der Waals surface area contributed by atoms with Gasteiger partial charge in [-0.15, -0.1) is 0 Å². The van der Waals surface area contributed by atoms with E-state index in [-0.39, 0.29) is 5.91 Å². The Labute approximate surface area is 128 Å². The lowest BCUT2D eigenvalue weighted by molar-refractivity contribution is -0.141. The zero-order valence-corrected chi connectivity index (χ0v) is 12.4. The third kappa shape index (κ3) is 2.50. The number of aromatic nitrogens is 1.